The molecule has 0 unspecified atom stereocenters. The molecule has 2 rings (SSSR count). The zero-order chi connectivity index (χ0) is 18.8. The summed E-state index contributed by atoms with van der Waals surface area (Å²) < 4.78 is 0. The van der Waals surface area contributed by atoms with Crippen molar-refractivity contribution in [3.63, 3.8) is 0 Å². The maximum atomic E-state index is 11.8. The monoisotopic (exact) mass is 372 g/mol. The Morgan fingerprint density at radius 1 is 0.923 bits per heavy atom. The minimum atomic E-state index is -0.0417. The quantitative estimate of drug-likeness (QED) is 0.492. The fourth-order valence-corrected chi connectivity index (χ4v) is 3.31. The van der Waals surface area contributed by atoms with E-state index in [-0.39, 0.29) is 5.91 Å². The molecule has 1 amide bonds. The van der Waals surface area contributed by atoms with Crippen molar-refractivity contribution in [1.29, 1.82) is 0 Å². The normalized spacial score (nSPS) is 11.3. The Balaban J connectivity index is 1.94. The Bertz CT molecular complexity index is 722. The minimum absolute atomic E-state index is 0.0417. The van der Waals surface area contributed by atoms with Crippen LogP contribution in [0, 0.1) is 0 Å². The van der Waals surface area contributed by atoms with Gasteiger partial charge in [0, 0.05) is 28.4 Å². The van der Waals surface area contributed by atoms with E-state index in [1.807, 2.05) is 42.5 Å². The lowest BCUT2D eigenvalue weighted by Gasteiger charge is -2.10. The fourth-order valence-electron chi connectivity index (χ4n) is 2.41. The van der Waals surface area contributed by atoms with Crippen molar-refractivity contribution in [1.82, 2.24) is 16.0 Å². The van der Waals surface area contributed by atoms with E-state index >= 15 is 0 Å². The standard InChI is InChI=1S/C20H28N4OS/c1-4-17-11-12-18(26-17)14-24-20(22-6-3)23-13-15-7-9-16(10-8-15)19(25)21-5-2/h7-12H,4-6,13-14H2,1-3H3,(H,21,25)(H2,22,23,24). The molecule has 0 aliphatic carbocycles. The second kappa shape index (κ2) is 10.6. The zero-order valence-corrected chi connectivity index (χ0v) is 16.6. The average molecular weight is 373 g/mol. The van der Waals surface area contributed by atoms with Crippen LogP contribution < -0.4 is 16.0 Å². The van der Waals surface area contributed by atoms with Gasteiger partial charge < -0.3 is 16.0 Å². The lowest BCUT2D eigenvalue weighted by Crippen LogP contribution is -2.36. The van der Waals surface area contributed by atoms with Crippen LogP contribution in [0.3, 0.4) is 0 Å². The summed E-state index contributed by atoms with van der Waals surface area (Å²) in [5.41, 5.74) is 1.74. The van der Waals surface area contributed by atoms with Gasteiger partial charge in [-0.15, -0.1) is 11.3 Å². The molecule has 0 spiro atoms. The van der Waals surface area contributed by atoms with Crippen LogP contribution in [0.4, 0.5) is 0 Å². The first-order valence-electron chi connectivity index (χ1n) is 9.13. The first-order valence-corrected chi connectivity index (χ1v) is 9.94. The van der Waals surface area contributed by atoms with E-state index in [2.05, 4.69) is 46.9 Å². The number of hydrogen-bond donors (Lipinski definition) is 3. The Morgan fingerprint density at radius 2 is 1.62 bits per heavy atom. The van der Waals surface area contributed by atoms with Crippen molar-refractivity contribution >= 4 is 23.2 Å². The van der Waals surface area contributed by atoms with Gasteiger partial charge in [0.1, 0.15) is 0 Å². The van der Waals surface area contributed by atoms with Crippen LogP contribution in [0.1, 0.15) is 46.4 Å². The van der Waals surface area contributed by atoms with Gasteiger partial charge in [-0.1, -0.05) is 19.1 Å². The highest BCUT2D eigenvalue weighted by Gasteiger charge is 2.04. The number of hydrogen-bond acceptors (Lipinski definition) is 3. The second-order valence-corrected chi connectivity index (χ2v) is 7.08. The summed E-state index contributed by atoms with van der Waals surface area (Å²) in [6.45, 7) is 8.92. The van der Waals surface area contributed by atoms with Crippen LogP contribution in [-0.4, -0.2) is 25.0 Å². The van der Waals surface area contributed by atoms with E-state index in [1.54, 1.807) is 0 Å². The summed E-state index contributed by atoms with van der Waals surface area (Å²) in [6, 6.07) is 11.9. The largest absolute Gasteiger partial charge is 0.357 e. The van der Waals surface area contributed by atoms with Crippen molar-refractivity contribution in [2.45, 2.75) is 40.3 Å². The smallest absolute Gasteiger partial charge is 0.251 e. The summed E-state index contributed by atoms with van der Waals surface area (Å²) >= 11 is 1.83. The highest BCUT2D eigenvalue weighted by atomic mass is 32.1. The van der Waals surface area contributed by atoms with Gasteiger partial charge in [0.25, 0.3) is 5.91 Å². The maximum Gasteiger partial charge on any atom is 0.251 e. The number of aliphatic imine (C=N–C) groups is 1. The Hall–Kier alpha value is -2.34. The third kappa shape index (κ3) is 6.19. The predicted molar refractivity (Wildman–Crippen MR) is 110 cm³/mol. The molecule has 2 aromatic rings. The molecule has 5 nitrogen and oxygen atoms in total. The van der Waals surface area contributed by atoms with E-state index in [0.29, 0.717) is 18.7 Å². The van der Waals surface area contributed by atoms with Gasteiger partial charge in [-0.2, -0.15) is 0 Å². The van der Waals surface area contributed by atoms with E-state index in [0.717, 1.165) is 31.0 Å². The van der Waals surface area contributed by atoms with Gasteiger partial charge in [-0.3, -0.25) is 4.79 Å². The molecular formula is C20H28N4OS. The van der Waals surface area contributed by atoms with E-state index in [9.17, 15) is 4.79 Å². The number of amides is 1. The highest BCUT2D eigenvalue weighted by Crippen LogP contribution is 2.16. The van der Waals surface area contributed by atoms with Crippen LogP contribution in [0.2, 0.25) is 0 Å². The number of carbonyl (C=O) groups is 1. The first-order chi connectivity index (χ1) is 12.7. The molecule has 1 aromatic carbocycles. The molecule has 6 heteroatoms. The summed E-state index contributed by atoms with van der Waals surface area (Å²) in [7, 11) is 0. The number of nitrogens with one attached hydrogen (secondary N) is 3. The van der Waals surface area contributed by atoms with Crippen LogP contribution in [0.15, 0.2) is 41.4 Å². The maximum absolute atomic E-state index is 11.8. The predicted octanol–water partition coefficient (Wildman–Crippen LogP) is 3.32. The Kier molecular flexibility index (Phi) is 8.15. The summed E-state index contributed by atoms with van der Waals surface area (Å²) in [4.78, 5) is 19.1. The third-order valence-corrected chi connectivity index (χ3v) is 5.04. The third-order valence-electron chi connectivity index (χ3n) is 3.81. The number of guanidine groups is 1. The molecule has 140 valence electrons. The Labute approximate surface area is 159 Å². The fraction of sp³-hybridized carbons (Fsp3) is 0.400. The molecular weight excluding hydrogens is 344 g/mol. The number of thiophene rings is 1. The van der Waals surface area contributed by atoms with Crippen molar-refractivity contribution in [2.75, 3.05) is 13.1 Å². The highest BCUT2D eigenvalue weighted by molar-refractivity contribution is 7.11. The SMILES string of the molecule is CCNC(=O)c1ccc(CN=C(NCC)NCc2ccc(CC)s2)cc1. The molecule has 0 atom stereocenters. The van der Waals surface area contributed by atoms with Crippen LogP contribution >= 0.6 is 11.3 Å². The molecule has 26 heavy (non-hydrogen) atoms. The zero-order valence-electron chi connectivity index (χ0n) is 15.8. The van der Waals surface area contributed by atoms with Gasteiger partial charge in [0.15, 0.2) is 5.96 Å². The van der Waals surface area contributed by atoms with E-state index in [1.165, 1.54) is 9.75 Å². The molecule has 3 N–H and O–H groups in total. The van der Waals surface area contributed by atoms with Crippen LogP contribution in [-0.2, 0) is 19.5 Å². The van der Waals surface area contributed by atoms with Gasteiger partial charge in [0.2, 0.25) is 0 Å². The molecule has 1 aromatic heterocycles. The van der Waals surface area contributed by atoms with Gasteiger partial charge >= 0.3 is 0 Å². The van der Waals surface area contributed by atoms with Gasteiger partial charge in [0.05, 0.1) is 13.1 Å². The molecule has 0 aliphatic rings. The van der Waals surface area contributed by atoms with Crippen molar-refractivity contribution < 1.29 is 4.79 Å². The van der Waals surface area contributed by atoms with Crippen molar-refractivity contribution in [2.24, 2.45) is 4.99 Å². The van der Waals surface area contributed by atoms with Gasteiger partial charge in [-0.05, 0) is 50.1 Å². The van der Waals surface area contributed by atoms with Crippen LogP contribution in [0.25, 0.3) is 0 Å². The molecule has 0 saturated heterocycles. The summed E-state index contributed by atoms with van der Waals surface area (Å²) in [5.74, 6) is 0.756. The number of nitrogens with zero attached hydrogens (tertiary/aromatic N) is 1. The summed E-state index contributed by atoms with van der Waals surface area (Å²) in [5, 5.41) is 9.45. The molecule has 0 bridgehead atoms. The minimum Gasteiger partial charge on any atom is -0.357 e. The summed E-state index contributed by atoms with van der Waals surface area (Å²) in [6.07, 6.45) is 1.07. The van der Waals surface area contributed by atoms with Crippen LogP contribution in [0.5, 0.6) is 0 Å². The lowest BCUT2D eigenvalue weighted by atomic mass is 10.1. The lowest BCUT2D eigenvalue weighted by molar-refractivity contribution is 0.0956. The first kappa shape index (κ1) is 20.0. The topological polar surface area (TPSA) is 65.5 Å². The number of benzene rings is 1. The van der Waals surface area contributed by atoms with E-state index < -0.39 is 0 Å². The number of aryl methyl sites for hydroxylation is 1. The second-order valence-electron chi connectivity index (χ2n) is 5.83. The van der Waals surface area contributed by atoms with Crippen molar-refractivity contribution in [3.05, 3.63) is 57.3 Å². The molecule has 0 aliphatic heterocycles. The number of carbonyl (C=O) groups excluding carboxylic acids is 1. The molecule has 0 radical (unpaired) electrons. The average Bonchev–Trinajstić information content (AvgIpc) is 3.13. The number of rotatable bonds is 8. The molecule has 0 fully saturated rings. The van der Waals surface area contributed by atoms with E-state index in [4.69, 9.17) is 0 Å². The van der Waals surface area contributed by atoms with Gasteiger partial charge in [-0.25, -0.2) is 4.99 Å². The Morgan fingerprint density at radius 3 is 2.23 bits per heavy atom. The molecule has 1 heterocycles. The molecule has 0 saturated carbocycles. The van der Waals surface area contributed by atoms with Crippen molar-refractivity contribution in [3.8, 4) is 0 Å².